The van der Waals surface area contributed by atoms with Gasteiger partial charge in [-0.25, -0.2) is 13.8 Å². The summed E-state index contributed by atoms with van der Waals surface area (Å²) in [4.78, 5) is 3.58. The minimum absolute atomic E-state index is 0.00877. The number of rotatable bonds is 1. The molecule has 0 aliphatic carbocycles. The quantitative estimate of drug-likeness (QED) is 0.704. The zero-order valence-corrected chi connectivity index (χ0v) is 8.59. The van der Waals surface area contributed by atoms with Gasteiger partial charge in [-0.15, -0.1) is 0 Å². The Labute approximate surface area is 85.8 Å². The molecule has 1 nitrogen and oxygen atoms in total. The van der Waals surface area contributed by atoms with Gasteiger partial charge < -0.3 is 0 Å². The van der Waals surface area contributed by atoms with Crippen molar-refractivity contribution in [1.82, 2.24) is 4.98 Å². The molecule has 6 heteroatoms. The molecule has 0 aromatic carbocycles. The highest BCUT2D eigenvalue weighted by molar-refractivity contribution is 9.10. The van der Waals surface area contributed by atoms with E-state index in [2.05, 4.69) is 20.9 Å². The molecule has 1 aromatic heterocycles. The van der Waals surface area contributed by atoms with Crippen LogP contribution in [0.1, 0.15) is 12.0 Å². The Morgan fingerprint density at radius 1 is 1.33 bits per heavy atom. The van der Waals surface area contributed by atoms with Gasteiger partial charge in [0.15, 0.2) is 0 Å². The zero-order chi connectivity index (χ0) is 9.30. The van der Waals surface area contributed by atoms with Gasteiger partial charge >= 0.3 is 0 Å². The SMILES string of the molecule is FC(F)c1cnc(Br)c(Cl)c1Cl. The molecule has 0 spiro atoms. The Kier molecular flexibility index (Phi) is 3.26. The Morgan fingerprint density at radius 3 is 2.42 bits per heavy atom. The molecule has 0 amide bonds. The molecule has 0 unspecified atom stereocenters. The van der Waals surface area contributed by atoms with Crippen molar-refractivity contribution in [2.75, 3.05) is 0 Å². The van der Waals surface area contributed by atoms with Crippen LogP contribution in [-0.2, 0) is 0 Å². The van der Waals surface area contributed by atoms with Crippen molar-refractivity contribution in [3.8, 4) is 0 Å². The summed E-state index contributed by atoms with van der Waals surface area (Å²) in [6.45, 7) is 0. The van der Waals surface area contributed by atoms with Gasteiger partial charge in [-0.3, -0.25) is 0 Å². The molecule has 0 saturated heterocycles. The third-order valence-electron chi connectivity index (χ3n) is 1.18. The number of hydrogen-bond donors (Lipinski definition) is 0. The molecule has 0 atom stereocenters. The highest BCUT2D eigenvalue weighted by atomic mass is 79.9. The lowest BCUT2D eigenvalue weighted by Crippen LogP contribution is -1.89. The fourth-order valence-electron chi connectivity index (χ4n) is 0.609. The molecule has 0 aliphatic rings. The Balaban J connectivity index is 3.27. The molecule has 1 heterocycles. The van der Waals surface area contributed by atoms with Crippen molar-refractivity contribution in [2.24, 2.45) is 0 Å². The van der Waals surface area contributed by atoms with E-state index in [1.807, 2.05) is 0 Å². The smallest absolute Gasteiger partial charge is 0.247 e. The second kappa shape index (κ2) is 3.85. The van der Waals surface area contributed by atoms with Crippen molar-refractivity contribution in [3.63, 3.8) is 0 Å². The minimum atomic E-state index is -2.66. The average Bonchev–Trinajstić information content (AvgIpc) is 2.00. The van der Waals surface area contributed by atoms with Gasteiger partial charge in [0.2, 0.25) is 0 Å². The zero-order valence-electron chi connectivity index (χ0n) is 5.49. The average molecular weight is 277 g/mol. The van der Waals surface area contributed by atoms with Gasteiger partial charge in [0.05, 0.1) is 15.6 Å². The van der Waals surface area contributed by atoms with Gasteiger partial charge in [-0.05, 0) is 15.9 Å². The van der Waals surface area contributed by atoms with Crippen LogP contribution >= 0.6 is 39.1 Å². The maximum absolute atomic E-state index is 12.1. The van der Waals surface area contributed by atoms with Gasteiger partial charge in [0.25, 0.3) is 6.43 Å². The number of nitrogens with zero attached hydrogens (tertiary/aromatic N) is 1. The highest BCUT2D eigenvalue weighted by Crippen LogP contribution is 2.35. The van der Waals surface area contributed by atoms with E-state index in [4.69, 9.17) is 23.2 Å². The number of pyridine rings is 1. The molecule has 1 aromatic rings. The van der Waals surface area contributed by atoms with Crippen molar-refractivity contribution in [2.45, 2.75) is 6.43 Å². The molecule has 0 fully saturated rings. The number of aromatic nitrogens is 1. The molecule has 0 saturated carbocycles. The topological polar surface area (TPSA) is 12.9 Å². The second-order valence-corrected chi connectivity index (χ2v) is 3.44. The minimum Gasteiger partial charge on any atom is -0.247 e. The molecular weight excluding hydrogens is 275 g/mol. The third-order valence-corrected chi connectivity index (χ3v) is 2.88. The number of hydrogen-bond acceptors (Lipinski definition) is 1. The van der Waals surface area contributed by atoms with Gasteiger partial charge in [0, 0.05) is 6.20 Å². The molecular formula is C6H2BrCl2F2N. The summed E-state index contributed by atoms with van der Waals surface area (Å²) >= 11 is 14.0. The first kappa shape index (κ1) is 10.2. The maximum Gasteiger partial charge on any atom is 0.266 e. The first-order chi connectivity index (χ1) is 5.54. The Bertz CT molecular complexity index is 306. The molecule has 0 bridgehead atoms. The van der Waals surface area contributed by atoms with Crippen molar-refractivity contribution < 1.29 is 8.78 Å². The van der Waals surface area contributed by atoms with E-state index in [-0.39, 0.29) is 20.2 Å². The van der Waals surface area contributed by atoms with E-state index in [9.17, 15) is 8.78 Å². The van der Waals surface area contributed by atoms with Crippen LogP contribution in [0.2, 0.25) is 10.0 Å². The van der Waals surface area contributed by atoms with Crippen LogP contribution in [0.5, 0.6) is 0 Å². The Morgan fingerprint density at radius 2 is 1.92 bits per heavy atom. The fourth-order valence-corrected chi connectivity index (χ4v) is 1.40. The van der Waals surface area contributed by atoms with Gasteiger partial charge in [-0.2, -0.15) is 0 Å². The summed E-state index contributed by atoms with van der Waals surface area (Å²) in [5, 5.41) is -0.150. The highest BCUT2D eigenvalue weighted by Gasteiger charge is 2.16. The van der Waals surface area contributed by atoms with E-state index in [1.54, 1.807) is 0 Å². The predicted octanol–water partition coefficient (Wildman–Crippen LogP) is 4.09. The normalized spacial score (nSPS) is 10.8. The largest absolute Gasteiger partial charge is 0.266 e. The molecule has 12 heavy (non-hydrogen) atoms. The van der Waals surface area contributed by atoms with Crippen LogP contribution in [0.4, 0.5) is 8.78 Å². The molecule has 1 rings (SSSR count). The lowest BCUT2D eigenvalue weighted by atomic mass is 10.3. The predicted molar refractivity (Wildman–Crippen MR) is 46.9 cm³/mol. The van der Waals surface area contributed by atoms with Crippen LogP contribution in [0, 0.1) is 0 Å². The van der Waals surface area contributed by atoms with Crippen molar-refractivity contribution in [3.05, 3.63) is 26.4 Å². The number of halogens is 5. The van der Waals surface area contributed by atoms with Crippen molar-refractivity contribution in [1.29, 1.82) is 0 Å². The maximum atomic E-state index is 12.1. The second-order valence-electron chi connectivity index (χ2n) is 1.93. The number of alkyl halides is 2. The third kappa shape index (κ3) is 1.87. The van der Waals surface area contributed by atoms with Crippen LogP contribution in [-0.4, -0.2) is 4.98 Å². The van der Waals surface area contributed by atoms with E-state index in [0.717, 1.165) is 6.20 Å². The molecule has 0 N–H and O–H groups in total. The summed E-state index contributed by atoms with van der Waals surface area (Å²) in [6.07, 6.45) is -1.67. The van der Waals surface area contributed by atoms with Crippen molar-refractivity contribution >= 4 is 39.1 Å². The van der Waals surface area contributed by atoms with Crippen LogP contribution in [0.25, 0.3) is 0 Å². The molecule has 0 aliphatic heterocycles. The Hall–Kier alpha value is 0.0700. The first-order valence-corrected chi connectivity index (χ1v) is 4.36. The summed E-state index contributed by atoms with van der Waals surface area (Å²) in [7, 11) is 0. The van der Waals surface area contributed by atoms with Gasteiger partial charge in [0.1, 0.15) is 4.60 Å². The van der Waals surface area contributed by atoms with E-state index in [1.165, 1.54) is 0 Å². The van der Waals surface area contributed by atoms with Crippen LogP contribution in [0.3, 0.4) is 0 Å². The van der Waals surface area contributed by atoms with Gasteiger partial charge in [-0.1, -0.05) is 23.2 Å². The summed E-state index contributed by atoms with van der Waals surface area (Å²) in [6, 6.07) is 0. The lowest BCUT2D eigenvalue weighted by molar-refractivity contribution is 0.151. The van der Waals surface area contributed by atoms with E-state index < -0.39 is 6.43 Å². The standard InChI is InChI=1S/C6H2BrCl2F2N/c7-5-4(9)3(8)2(1-12-5)6(10)11/h1,6H. The summed E-state index contributed by atoms with van der Waals surface area (Å²) < 4.78 is 24.5. The first-order valence-electron chi connectivity index (χ1n) is 2.81. The molecule has 66 valence electrons. The summed E-state index contributed by atoms with van der Waals surface area (Å²) in [5.74, 6) is 0. The summed E-state index contributed by atoms with van der Waals surface area (Å²) in [5.41, 5.74) is -0.357. The van der Waals surface area contributed by atoms with E-state index >= 15 is 0 Å². The fraction of sp³-hybridized carbons (Fsp3) is 0.167. The lowest BCUT2D eigenvalue weighted by Gasteiger charge is -2.04. The van der Waals surface area contributed by atoms with Crippen LogP contribution in [0.15, 0.2) is 10.8 Å². The molecule has 0 radical (unpaired) electrons. The van der Waals surface area contributed by atoms with Crippen LogP contribution < -0.4 is 0 Å². The van der Waals surface area contributed by atoms with E-state index in [0.29, 0.717) is 0 Å². The monoisotopic (exact) mass is 275 g/mol.